The van der Waals surface area contributed by atoms with Gasteiger partial charge in [0.15, 0.2) is 0 Å². The van der Waals surface area contributed by atoms with E-state index >= 15 is 0 Å². The highest BCUT2D eigenvalue weighted by Gasteiger charge is 2.29. The second-order valence-corrected chi connectivity index (χ2v) is 5.83. The summed E-state index contributed by atoms with van der Waals surface area (Å²) in [6, 6.07) is 0. The summed E-state index contributed by atoms with van der Waals surface area (Å²) in [7, 11) is -2.42. The van der Waals surface area contributed by atoms with Crippen molar-refractivity contribution in [3.63, 3.8) is 0 Å². The van der Waals surface area contributed by atoms with Gasteiger partial charge in [-0.1, -0.05) is 6.58 Å². The van der Waals surface area contributed by atoms with E-state index in [1.165, 1.54) is 11.0 Å². The number of rotatable bonds is 5. The summed E-state index contributed by atoms with van der Waals surface area (Å²) in [4.78, 5) is 30.2. The van der Waals surface area contributed by atoms with Crippen molar-refractivity contribution in [1.29, 1.82) is 0 Å². The molecule has 15 heavy (non-hydrogen) atoms. The Morgan fingerprint density at radius 2 is 2.00 bits per heavy atom. The number of carbonyl (C=O) groups is 1. The van der Waals surface area contributed by atoms with Gasteiger partial charge in [0.25, 0.3) is 0 Å². The molecule has 0 aliphatic carbocycles. The topological polar surface area (TPSA) is 77.8 Å². The fourth-order valence-electron chi connectivity index (χ4n) is 1.02. The number of amides is 1. The molecule has 0 aromatic rings. The molecule has 0 radical (unpaired) electrons. The van der Waals surface area contributed by atoms with Crippen LogP contribution in [0.25, 0.3) is 0 Å². The first kappa shape index (κ1) is 14.4. The predicted octanol–water partition coefficient (Wildman–Crippen LogP) is 0.977. The third-order valence-electron chi connectivity index (χ3n) is 2.43. The average Bonchev–Trinajstić information content (AvgIpc) is 2.11. The maximum atomic E-state index is 11.3. The van der Waals surface area contributed by atoms with E-state index in [0.29, 0.717) is 0 Å². The molecule has 0 saturated carbocycles. The highest BCUT2D eigenvalue weighted by Crippen LogP contribution is 2.37. The van der Waals surface area contributed by atoms with E-state index in [4.69, 9.17) is 9.79 Å². The molecule has 0 saturated heterocycles. The van der Waals surface area contributed by atoms with E-state index in [1.807, 2.05) is 0 Å². The summed E-state index contributed by atoms with van der Waals surface area (Å²) in [5.74, 6) is -0.259. The fraction of sp³-hybridized carbons (Fsp3) is 0.667. The minimum Gasteiger partial charge on any atom is -0.337 e. The maximum Gasteiger partial charge on any atom is 0.325 e. The van der Waals surface area contributed by atoms with Crippen molar-refractivity contribution in [2.45, 2.75) is 25.8 Å². The van der Waals surface area contributed by atoms with E-state index in [-0.39, 0.29) is 18.5 Å². The van der Waals surface area contributed by atoms with Gasteiger partial charge in [-0.25, -0.2) is 0 Å². The molecule has 0 unspecified atom stereocenters. The fourth-order valence-corrected chi connectivity index (χ4v) is 1.86. The van der Waals surface area contributed by atoms with E-state index < -0.39 is 13.1 Å². The zero-order valence-corrected chi connectivity index (χ0v) is 10.2. The Bertz CT molecular complexity index is 294. The van der Waals surface area contributed by atoms with Gasteiger partial charge in [0.1, 0.15) is 0 Å². The molecule has 0 aromatic heterocycles. The standard InChI is InChI=1S/C9H18NO4P/c1-5-8(11)10(4)9(2,3)6-7-15(12,13)14/h5H,1,6-7H2,2-4H3,(H2,12,13,14). The number of hydrogen-bond acceptors (Lipinski definition) is 2. The quantitative estimate of drug-likeness (QED) is 0.550. The maximum absolute atomic E-state index is 11.3. The molecule has 6 heteroatoms. The number of nitrogens with zero attached hydrogens (tertiary/aromatic N) is 1. The number of hydrogen-bond donors (Lipinski definition) is 2. The molecule has 0 fully saturated rings. The minimum absolute atomic E-state index is 0.227. The van der Waals surface area contributed by atoms with Gasteiger partial charge in [-0.15, -0.1) is 0 Å². The molecule has 1 amide bonds. The van der Waals surface area contributed by atoms with Gasteiger partial charge in [0.05, 0.1) is 6.16 Å². The van der Waals surface area contributed by atoms with E-state index in [9.17, 15) is 9.36 Å². The van der Waals surface area contributed by atoms with Gasteiger partial charge in [-0.05, 0) is 26.3 Å². The highest BCUT2D eigenvalue weighted by molar-refractivity contribution is 7.51. The third kappa shape index (κ3) is 5.11. The van der Waals surface area contributed by atoms with Crippen molar-refractivity contribution in [1.82, 2.24) is 4.90 Å². The van der Waals surface area contributed by atoms with Gasteiger partial charge in [-0.3, -0.25) is 9.36 Å². The Kier molecular flexibility index (Phi) is 4.71. The van der Waals surface area contributed by atoms with Crippen LogP contribution in [-0.2, 0) is 9.36 Å². The molecule has 0 aromatic carbocycles. The summed E-state index contributed by atoms with van der Waals surface area (Å²) in [6.45, 7) is 6.87. The summed E-state index contributed by atoms with van der Waals surface area (Å²) in [6.07, 6.45) is 1.20. The van der Waals surface area contributed by atoms with Crippen LogP contribution < -0.4 is 0 Å². The third-order valence-corrected chi connectivity index (χ3v) is 3.23. The Morgan fingerprint density at radius 3 is 2.33 bits per heavy atom. The Hall–Kier alpha value is -0.640. The molecule has 0 heterocycles. The molecular weight excluding hydrogens is 217 g/mol. The van der Waals surface area contributed by atoms with Crippen LogP contribution in [0.5, 0.6) is 0 Å². The van der Waals surface area contributed by atoms with Gasteiger partial charge in [0.2, 0.25) is 5.91 Å². The minimum atomic E-state index is -4.00. The lowest BCUT2D eigenvalue weighted by molar-refractivity contribution is -0.129. The van der Waals surface area contributed by atoms with Gasteiger partial charge in [0, 0.05) is 12.6 Å². The van der Waals surface area contributed by atoms with Crippen LogP contribution >= 0.6 is 7.60 Å². The molecule has 0 spiro atoms. The van der Waals surface area contributed by atoms with Crippen molar-refractivity contribution in [2.75, 3.05) is 13.2 Å². The van der Waals surface area contributed by atoms with Crippen LogP contribution in [0.3, 0.4) is 0 Å². The Labute approximate surface area is 89.9 Å². The average molecular weight is 235 g/mol. The SMILES string of the molecule is C=CC(=O)N(C)C(C)(C)CCP(=O)(O)O. The number of likely N-dealkylation sites (N-methyl/N-ethyl adjacent to an activating group) is 1. The molecule has 0 bridgehead atoms. The summed E-state index contributed by atoms with van der Waals surface area (Å²) in [5, 5.41) is 0. The van der Waals surface area contributed by atoms with Gasteiger partial charge >= 0.3 is 7.60 Å². The second-order valence-electron chi connectivity index (χ2n) is 4.05. The monoisotopic (exact) mass is 235 g/mol. The molecule has 2 N–H and O–H groups in total. The summed E-state index contributed by atoms with van der Waals surface area (Å²) >= 11 is 0. The first-order valence-electron chi connectivity index (χ1n) is 4.55. The summed E-state index contributed by atoms with van der Waals surface area (Å²) in [5.41, 5.74) is -0.591. The van der Waals surface area contributed by atoms with Crippen molar-refractivity contribution in [2.24, 2.45) is 0 Å². The lowest BCUT2D eigenvalue weighted by Gasteiger charge is -2.35. The summed E-state index contributed by atoms with van der Waals surface area (Å²) < 4.78 is 10.7. The first-order valence-corrected chi connectivity index (χ1v) is 6.35. The lowest BCUT2D eigenvalue weighted by Crippen LogP contribution is -2.44. The van der Waals surface area contributed by atoms with Crippen molar-refractivity contribution < 1.29 is 19.1 Å². The normalized spacial score (nSPS) is 12.3. The Morgan fingerprint density at radius 1 is 1.53 bits per heavy atom. The van der Waals surface area contributed by atoms with E-state index in [2.05, 4.69) is 6.58 Å². The Balaban J connectivity index is 4.48. The predicted molar refractivity (Wildman–Crippen MR) is 58.6 cm³/mol. The smallest absolute Gasteiger partial charge is 0.325 e. The van der Waals surface area contributed by atoms with Crippen LogP contribution in [-0.4, -0.2) is 39.3 Å². The largest absolute Gasteiger partial charge is 0.337 e. The molecule has 88 valence electrons. The molecular formula is C9H18NO4P. The lowest BCUT2D eigenvalue weighted by atomic mass is 10.00. The van der Waals surface area contributed by atoms with Crippen molar-refractivity contribution >= 4 is 13.5 Å². The van der Waals surface area contributed by atoms with Gasteiger partial charge in [-0.2, -0.15) is 0 Å². The van der Waals surface area contributed by atoms with E-state index in [1.54, 1.807) is 20.9 Å². The highest BCUT2D eigenvalue weighted by atomic mass is 31.2. The zero-order valence-electron chi connectivity index (χ0n) is 9.30. The number of carbonyl (C=O) groups excluding carboxylic acids is 1. The van der Waals surface area contributed by atoms with Crippen LogP contribution in [0.4, 0.5) is 0 Å². The molecule has 0 aliphatic rings. The second kappa shape index (κ2) is 4.92. The van der Waals surface area contributed by atoms with Crippen LogP contribution in [0.15, 0.2) is 12.7 Å². The molecule has 5 nitrogen and oxygen atoms in total. The first-order chi connectivity index (χ1) is 6.60. The van der Waals surface area contributed by atoms with Crippen molar-refractivity contribution in [3.05, 3.63) is 12.7 Å². The molecule has 0 aliphatic heterocycles. The van der Waals surface area contributed by atoms with Gasteiger partial charge < -0.3 is 14.7 Å². The molecule has 0 atom stereocenters. The van der Waals surface area contributed by atoms with Crippen molar-refractivity contribution in [3.8, 4) is 0 Å². The van der Waals surface area contributed by atoms with Crippen LogP contribution in [0.1, 0.15) is 20.3 Å². The van der Waals surface area contributed by atoms with Crippen LogP contribution in [0.2, 0.25) is 0 Å². The van der Waals surface area contributed by atoms with E-state index in [0.717, 1.165) is 0 Å². The molecule has 0 rings (SSSR count). The van der Waals surface area contributed by atoms with Crippen LogP contribution in [0, 0.1) is 0 Å². The zero-order chi connectivity index (χ0) is 12.3.